The third-order valence-electron chi connectivity index (χ3n) is 3.49. The van der Waals surface area contributed by atoms with E-state index in [1.807, 2.05) is 11.8 Å². The molecule has 1 N–H and O–H groups in total. The molecule has 17 heavy (non-hydrogen) atoms. The molecule has 1 aromatic carbocycles. The smallest absolute Gasteiger partial charge is 0.0225 e. The third-order valence-corrected chi connectivity index (χ3v) is 4.74. The van der Waals surface area contributed by atoms with Gasteiger partial charge in [-0.25, -0.2) is 0 Å². The van der Waals surface area contributed by atoms with E-state index < -0.39 is 0 Å². The maximum absolute atomic E-state index is 3.60. The van der Waals surface area contributed by atoms with Crippen molar-refractivity contribution in [3.63, 3.8) is 0 Å². The van der Waals surface area contributed by atoms with Gasteiger partial charge >= 0.3 is 0 Å². The second-order valence-corrected chi connectivity index (χ2v) is 7.05. The molecule has 1 aliphatic rings. The van der Waals surface area contributed by atoms with Gasteiger partial charge in [0, 0.05) is 17.8 Å². The molecule has 0 bridgehead atoms. The highest BCUT2D eigenvalue weighted by molar-refractivity contribution is 7.99. The van der Waals surface area contributed by atoms with Crippen molar-refractivity contribution in [1.82, 2.24) is 5.32 Å². The van der Waals surface area contributed by atoms with Gasteiger partial charge in [-0.2, -0.15) is 11.8 Å². The Morgan fingerprint density at radius 2 is 2.00 bits per heavy atom. The van der Waals surface area contributed by atoms with Gasteiger partial charge in [0.2, 0.25) is 0 Å². The van der Waals surface area contributed by atoms with Gasteiger partial charge in [-0.15, -0.1) is 0 Å². The molecule has 2 rings (SSSR count). The van der Waals surface area contributed by atoms with Crippen LogP contribution in [0.15, 0.2) is 24.3 Å². The van der Waals surface area contributed by atoms with E-state index in [9.17, 15) is 0 Å². The molecular formula is C15H23NS. The van der Waals surface area contributed by atoms with Crippen LogP contribution in [-0.4, -0.2) is 17.5 Å². The topological polar surface area (TPSA) is 12.0 Å². The van der Waals surface area contributed by atoms with E-state index in [4.69, 9.17) is 0 Å². The molecule has 0 saturated heterocycles. The Hall–Kier alpha value is -0.470. The summed E-state index contributed by atoms with van der Waals surface area (Å²) in [5.74, 6) is 0.849. The van der Waals surface area contributed by atoms with E-state index in [0.717, 1.165) is 19.0 Å². The molecule has 2 heteroatoms. The van der Waals surface area contributed by atoms with Crippen molar-refractivity contribution in [2.45, 2.75) is 43.9 Å². The van der Waals surface area contributed by atoms with Crippen molar-refractivity contribution >= 4 is 11.8 Å². The Kier molecular flexibility index (Phi) is 4.16. The zero-order chi connectivity index (χ0) is 12.3. The van der Waals surface area contributed by atoms with Crippen LogP contribution in [0.3, 0.4) is 0 Å². The summed E-state index contributed by atoms with van der Waals surface area (Å²) in [6.07, 6.45) is 4.94. The third kappa shape index (κ3) is 3.75. The summed E-state index contributed by atoms with van der Waals surface area (Å²) in [6, 6.07) is 8.90. The molecule has 0 amide bonds. The molecule has 0 atom stereocenters. The van der Waals surface area contributed by atoms with Crippen LogP contribution in [0.1, 0.15) is 43.7 Å². The van der Waals surface area contributed by atoms with Crippen molar-refractivity contribution in [3.8, 4) is 0 Å². The lowest BCUT2D eigenvalue weighted by molar-refractivity contribution is 0.589. The minimum absolute atomic E-state index is 0.328. The van der Waals surface area contributed by atoms with E-state index in [1.54, 1.807) is 5.56 Å². The summed E-state index contributed by atoms with van der Waals surface area (Å²) in [6.45, 7) is 6.65. The maximum Gasteiger partial charge on any atom is 0.0225 e. The second-order valence-electron chi connectivity index (χ2n) is 5.54. The van der Waals surface area contributed by atoms with Crippen LogP contribution in [0.5, 0.6) is 0 Å². The summed E-state index contributed by atoms with van der Waals surface area (Å²) in [4.78, 5) is 0. The Labute approximate surface area is 109 Å². The summed E-state index contributed by atoms with van der Waals surface area (Å²) < 4.78 is 0.328. The minimum atomic E-state index is 0.328. The summed E-state index contributed by atoms with van der Waals surface area (Å²) in [5, 5.41) is 3.60. The normalized spacial score (nSPS) is 16.2. The quantitative estimate of drug-likeness (QED) is 0.823. The van der Waals surface area contributed by atoms with Gasteiger partial charge in [0.25, 0.3) is 0 Å². The van der Waals surface area contributed by atoms with Gasteiger partial charge in [0.05, 0.1) is 0 Å². The molecule has 1 aliphatic carbocycles. The van der Waals surface area contributed by atoms with Gasteiger partial charge in [0.1, 0.15) is 0 Å². The van der Waals surface area contributed by atoms with Crippen LogP contribution in [0.2, 0.25) is 0 Å². The largest absolute Gasteiger partial charge is 0.311 e. The summed E-state index contributed by atoms with van der Waals surface area (Å²) >= 11 is 1.92. The number of thioether (sulfide) groups is 1. The number of nitrogens with one attached hydrogen (secondary N) is 1. The highest BCUT2D eigenvalue weighted by atomic mass is 32.2. The van der Waals surface area contributed by atoms with Crippen LogP contribution in [0, 0.1) is 0 Å². The zero-order valence-corrected chi connectivity index (χ0v) is 11.9. The first-order valence-electron chi connectivity index (χ1n) is 6.46. The average molecular weight is 249 g/mol. The number of benzene rings is 1. The van der Waals surface area contributed by atoms with Crippen molar-refractivity contribution in [1.29, 1.82) is 0 Å². The fourth-order valence-corrected chi connectivity index (χ4v) is 2.30. The van der Waals surface area contributed by atoms with Gasteiger partial charge < -0.3 is 5.32 Å². The average Bonchev–Trinajstić information content (AvgIpc) is 3.14. The van der Waals surface area contributed by atoms with Gasteiger partial charge in [-0.05, 0) is 50.0 Å². The first kappa shape index (κ1) is 13.0. The van der Waals surface area contributed by atoms with Gasteiger partial charge in [-0.1, -0.05) is 24.3 Å². The molecule has 0 radical (unpaired) electrons. The van der Waals surface area contributed by atoms with Crippen molar-refractivity contribution in [2.24, 2.45) is 0 Å². The molecule has 94 valence electrons. The summed E-state index contributed by atoms with van der Waals surface area (Å²) in [5.41, 5.74) is 3.06. The van der Waals surface area contributed by atoms with Crippen molar-refractivity contribution in [2.75, 3.05) is 12.8 Å². The molecule has 1 aromatic rings. The number of rotatable bonds is 6. The Bertz CT molecular complexity index is 369. The molecular weight excluding hydrogens is 226 g/mol. The minimum Gasteiger partial charge on any atom is -0.311 e. The molecule has 0 spiro atoms. The lowest BCUT2D eigenvalue weighted by Gasteiger charge is -2.22. The first-order valence-corrected chi connectivity index (χ1v) is 7.68. The fourth-order valence-electron chi connectivity index (χ4n) is 2.06. The number of hydrogen-bond donors (Lipinski definition) is 1. The second kappa shape index (κ2) is 5.45. The highest BCUT2D eigenvalue weighted by Gasteiger charge is 2.25. The molecule has 1 fully saturated rings. The molecule has 0 aliphatic heterocycles. The number of hydrogen-bond acceptors (Lipinski definition) is 2. The van der Waals surface area contributed by atoms with Crippen LogP contribution in [0.25, 0.3) is 0 Å². The molecule has 1 saturated carbocycles. The SMILES string of the molecule is CSC(C)(C)CNCc1ccccc1C1CC1. The predicted molar refractivity (Wildman–Crippen MR) is 77.7 cm³/mol. The van der Waals surface area contributed by atoms with Gasteiger partial charge in [-0.3, -0.25) is 0 Å². The van der Waals surface area contributed by atoms with E-state index in [1.165, 1.54) is 18.4 Å². The van der Waals surface area contributed by atoms with Gasteiger partial charge in [0.15, 0.2) is 0 Å². The van der Waals surface area contributed by atoms with E-state index in [0.29, 0.717) is 4.75 Å². The standard InChI is InChI=1S/C15H23NS/c1-15(2,17-3)11-16-10-13-6-4-5-7-14(13)12-8-9-12/h4-7,12,16H,8-11H2,1-3H3. The zero-order valence-electron chi connectivity index (χ0n) is 11.1. The van der Waals surface area contributed by atoms with Crippen LogP contribution < -0.4 is 5.32 Å². The van der Waals surface area contributed by atoms with Crippen molar-refractivity contribution in [3.05, 3.63) is 35.4 Å². The van der Waals surface area contributed by atoms with Crippen LogP contribution in [-0.2, 0) is 6.54 Å². The van der Waals surface area contributed by atoms with E-state index >= 15 is 0 Å². The van der Waals surface area contributed by atoms with E-state index in [2.05, 4.69) is 49.7 Å². The molecule has 1 nitrogen and oxygen atoms in total. The Morgan fingerprint density at radius 3 is 2.65 bits per heavy atom. The lowest BCUT2D eigenvalue weighted by Crippen LogP contribution is -2.31. The maximum atomic E-state index is 3.60. The highest BCUT2D eigenvalue weighted by Crippen LogP contribution is 2.41. The fraction of sp³-hybridized carbons (Fsp3) is 0.600. The van der Waals surface area contributed by atoms with Crippen LogP contribution in [0.4, 0.5) is 0 Å². The monoisotopic (exact) mass is 249 g/mol. The molecule has 0 aromatic heterocycles. The van der Waals surface area contributed by atoms with Crippen molar-refractivity contribution < 1.29 is 0 Å². The summed E-state index contributed by atoms with van der Waals surface area (Å²) in [7, 11) is 0. The lowest BCUT2D eigenvalue weighted by atomic mass is 10.0. The Morgan fingerprint density at radius 1 is 1.29 bits per heavy atom. The molecule has 0 unspecified atom stereocenters. The Balaban J connectivity index is 1.90. The van der Waals surface area contributed by atoms with E-state index in [-0.39, 0.29) is 0 Å². The molecule has 0 heterocycles. The van der Waals surface area contributed by atoms with Crippen LogP contribution >= 0.6 is 11.8 Å². The predicted octanol–water partition coefficient (Wildman–Crippen LogP) is 3.80. The first-order chi connectivity index (χ1) is 8.12.